The van der Waals surface area contributed by atoms with Crippen molar-refractivity contribution in [2.45, 2.75) is 70.6 Å². The van der Waals surface area contributed by atoms with Crippen LogP contribution in [-0.4, -0.2) is 49.6 Å². The molecule has 0 radical (unpaired) electrons. The molecular weight excluding hydrogens is 364 g/mol. The van der Waals surface area contributed by atoms with Crippen LogP contribution in [0.3, 0.4) is 0 Å². The maximum atomic E-state index is 11.9. The molecule has 0 unspecified atom stereocenters. The van der Waals surface area contributed by atoms with E-state index in [9.17, 15) is 4.79 Å². The molecule has 1 aliphatic heterocycles. The van der Waals surface area contributed by atoms with Gasteiger partial charge in [-0.25, -0.2) is 0 Å². The molecule has 0 spiro atoms. The summed E-state index contributed by atoms with van der Waals surface area (Å²) < 4.78 is 5.98. The minimum absolute atomic E-state index is 0.265. The molecule has 1 aliphatic carbocycles. The van der Waals surface area contributed by atoms with Crippen molar-refractivity contribution in [3.05, 3.63) is 35.4 Å². The monoisotopic (exact) mass is 400 g/mol. The van der Waals surface area contributed by atoms with Crippen molar-refractivity contribution in [3.63, 3.8) is 0 Å². The van der Waals surface area contributed by atoms with Crippen molar-refractivity contribution < 1.29 is 9.53 Å². The predicted octanol–water partition coefficient (Wildman–Crippen LogP) is 3.21. The van der Waals surface area contributed by atoms with E-state index in [4.69, 9.17) is 4.74 Å². The van der Waals surface area contributed by atoms with E-state index >= 15 is 0 Å². The van der Waals surface area contributed by atoms with Crippen molar-refractivity contribution in [2.24, 2.45) is 4.99 Å². The molecule has 3 rings (SSSR count). The van der Waals surface area contributed by atoms with Crippen LogP contribution in [0.1, 0.15) is 62.5 Å². The molecule has 0 aromatic heterocycles. The number of carbonyl (C=O) groups excluding carboxylic acids is 1. The molecule has 6 heteroatoms. The van der Waals surface area contributed by atoms with E-state index < -0.39 is 0 Å². The second-order valence-electron chi connectivity index (χ2n) is 8.02. The van der Waals surface area contributed by atoms with Gasteiger partial charge < -0.3 is 20.3 Å². The van der Waals surface area contributed by atoms with Gasteiger partial charge in [0, 0.05) is 46.3 Å². The number of hydrogen-bond acceptors (Lipinski definition) is 3. The Morgan fingerprint density at radius 2 is 1.93 bits per heavy atom. The van der Waals surface area contributed by atoms with Gasteiger partial charge >= 0.3 is 0 Å². The largest absolute Gasteiger partial charge is 0.378 e. The number of amides is 1. The molecule has 1 amide bonds. The van der Waals surface area contributed by atoms with Gasteiger partial charge in [0.15, 0.2) is 5.96 Å². The van der Waals surface area contributed by atoms with Crippen LogP contribution in [0.2, 0.25) is 0 Å². The number of benzene rings is 1. The average Bonchev–Trinajstić information content (AvgIpc) is 3.16. The summed E-state index contributed by atoms with van der Waals surface area (Å²) in [5.74, 6) is 1.07. The number of carbonyl (C=O) groups is 1. The summed E-state index contributed by atoms with van der Waals surface area (Å²) in [7, 11) is 1.79. The normalized spacial score (nSPS) is 18.3. The summed E-state index contributed by atoms with van der Waals surface area (Å²) in [5.41, 5.74) is 2.40. The summed E-state index contributed by atoms with van der Waals surface area (Å²) in [6, 6.07) is 8.32. The van der Waals surface area contributed by atoms with Crippen LogP contribution in [0.4, 0.5) is 0 Å². The fourth-order valence-electron chi connectivity index (χ4n) is 4.12. The zero-order valence-corrected chi connectivity index (χ0v) is 17.8. The minimum Gasteiger partial charge on any atom is -0.378 e. The van der Waals surface area contributed by atoms with Crippen molar-refractivity contribution in [2.75, 3.05) is 26.7 Å². The molecule has 0 bridgehead atoms. The number of rotatable bonds is 9. The first-order valence-electron chi connectivity index (χ1n) is 11.2. The Kier molecular flexibility index (Phi) is 8.81. The van der Waals surface area contributed by atoms with E-state index in [1.807, 2.05) is 17.0 Å². The van der Waals surface area contributed by atoms with Gasteiger partial charge in [-0.2, -0.15) is 0 Å². The Morgan fingerprint density at radius 3 is 2.66 bits per heavy atom. The molecule has 6 nitrogen and oxygen atoms in total. The third-order valence-electron chi connectivity index (χ3n) is 5.84. The molecule has 1 saturated carbocycles. The number of hydrogen-bond donors (Lipinski definition) is 2. The van der Waals surface area contributed by atoms with Gasteiger partial charge in [0.25, 0.3) is 0 Å². The van der Waals surface area contributed by atoms with Crippen molar-refractivity contribution in [1.82, 2.24) is 15.5 Å². The second-order valence-corrected chi connectivity index (χ2v) is 8.02. The van der Waals surface area contributed by atoms with E-state index in [-0.39, 0.29) is 5.91 Å². The van der Waals surface area contributed by atoms with Crippen LogP contribution in [0.25, 0.3) is 0 Å². The van der Waals surface area contributed by atoms with Crippen LogP contribution in [-0.2, 0) is 22.6 Å². The van der Waals surface area contributed by atoms with Crippen LogP contribution in [0, 0.1) is 0 Å². The SMILES string of the molecule is CN=C(NCCCOC1CCCCC1)NCc1ccccc1CN1CCCC1=O. The lowest BCUT2D eigenvalue weighted by molar-refractivity contribution is -0.128. The Balaban J connectivity index is 1.38. The molecule has 0 atom stereocenters. The number of nitrogens with zero attached hydrogens (tertiary/aromatic N) is 2. The Morgan fingerprint density at radius 1 is 1.14 bits per heavy atom. The number of guanidine groups is 1. The minimum atomic E-state index is 0.265. The van der Waals surface area contributed by atoms with Gasteiger partial charge in [-0.05, 0) is 36.8 Å². The maximum Gasteiger partial charge on any atom is 0.222 e. The molecule has 2 N–H and O–H groups in total. The van der Waals surface area contributed by atoms with Crippen LogP contribution in [0.15, 0.2) is 29.3 Å². The predicted molar refractivity (Wildman–Crippen MR) is 117 cm³/mol. The lowest BCUT2D eigenvalue weighted by Crippen LogP contribution is -2.38. The number of likely N-dealkylation sites (tertiary alicyclic amines) is 1. The Hall–Kier alpha value is -2.08. The van der Waals surface area contributed by atoms with Crippen LogP contribution < -0.4 is 10.6 Å². The molecular formula is C23H36N4O2. The zero-order chi connectivity index (χ0) is 20.3. The van der Waals surface area contributed by atoms with E-state index in [0.29, 0.717) is 25.6 Å². The quantitative estimate of drug-likeness (QED) is 0.379. The van der Waals surface area contributed by atoms with Crippen molar-refractivity contribution in [1.29, 1.82) is 0 Å². The lowest BCUT2D eigenvalue weighted by atomic mass is 9.98. The standard InChI is InChI=1S/C23H36N4O2/c1-24-23(25-14-8-16-29-21-11-3-2-4-12-21)26-17-19-9-5-6-10-20(19)18-27-15-7-13-22(27)28/h5-6,9-10,21H,2-4,7-8,11-18H2,1H3,(H2,24,25,26). The van der Waals surface area contributed by atoms with Crippen molar-refractivity contribution in [3.8, 4) is 0 Å². The Bertz CT molecular complexity index is 671. The van der Waals surface area contributed by atoms with Gasteiger partial charge in [-0.1, -0.05) is 43.5 Å². The first-order chi connectivity index (χ1) is 14.3. The summed E-state index contributed by atoms with van der Waals surface area (Å²) in [6.45, 7) is 3.90. The summed E-state index contributed by atoms with van der Waals surface area (Å²) in [6.07, 6.45) is 9.53. The smallest absolute Gasteiger partial charge is 0.222 e. The van der Waals surface area contributed by atoms with Gasteiger partial charge in [0.05, 0.1) is 6.10 Å². The average molecular weight is 401 g/mol. The van der Waals surface area contributed by atoms with E-state index in [0.717, 1.165) is 38.5 Å². The maximum absolute atomic E-state index is 11.9. The third kappa shape index (κ3) is 7.03. The third-order valence-corrected chi connectivity index (χ3v) is 5.84. The molecule has 160 valence electrons. The fourth-order valence-corrected chi connectivity index (χ4v) is 4.12. The van der Waals surface area contributed by atoms with E-state index in [1.165, 1.54) is 43.2 Å². The topological polar surface area (TPSA) is 66.0 Å². The number of nitrogens with one attached hydrogen (secondary N) is 2. The highest BCUT2D eigenvalue weighted by Crippen LogP contribution is 2.20. The molecule has 2 aliphatic rings. The highest BCUT2D eigenvalue weighted by Gasteiger charge is 2.20. The number of ether oxygens (including phenoxy) is 1. The molecule has 1 heterocycles. The highest BCUT2D eigenvalue weighted by atomic mass is 16.5. The molecule has 1 aromatic rings. The van der Waals surface area contributed by atoms with E-state index in [1.54, 1.807) is 7.05 Å². The number of aliphatic imine (C=N–C) groups is 1. The van der Waals surface area contributed by atoms with Gasteiger partial charge in [-0.3, -0.25) is 9.79 Å². The van der Waals surface area contributed by atoms with Gasteiger partial charge in [-0.15, -0.1) is 0 Å². The second kappa shape index (κ2) is 11.8. The Labute approximate surface area is 175 Å². The van der Waals surface area contributed by atoms with Gasteiger partial charge in [0.2, 0.25) is 5.91 Å². The molecule has 2 fully saturated rings. The zero-order valence-electron chi connectivity index (χ0n) is 17.8. The van der Waals surface area contributed by atoms with E-state index in [2.05, 4.69) is 27.8 Å². The highest BCUT2D eigenvalue weighted by molar-refractivity contribution is 5.79. The van der Waals surface area contributed by atoms with Gasteiger partial charge in [0.1, 0.15) is 0 Å². The molecule has 29 heavy (non-hydrogen) atoms. The molecule has 1 aromatic carbocycles. The summed E-state index contributed by atoms with van der Waals surface area (Å²) in [4.78, 5) is 18.2. The van der Waals surface area contributed by atoms with Crippen molar-refractivity contribution >= 4 is 11.9 Å². The first-order valence-corrected chi connectivity index (χ1v) is 11.2. The van der Waals surface area contributed by atoms with Crippen LogP contribution >= 0.6 is 0 Å². The summed E-state index contributed by atoms with van der Waals surface area (Å²) >= 11 is 0. The molecule has 1 saturated heterocycles. The first kappa shape index (κ1) is 21.6. The lowest BCUT2D eigenvalue weighted by Gasteiger charge is -2.22. The summed E-state index contributed by atoms with van der Waals surface area (Å²) in [5, 5.41) is 6.77. The fraction of sp³-hybridized carbons (Fsp3) is 0.652. The van der Waals surface area contributed by atoms with Crippen LogP contribution in [0.5, 0.6) is 0 Å².